The van der Waals surface area contributed by atoms with Gasteiger partial charge in [0, 0.05) is 23.7 Å². The lowest BCUT2D eigenvalue weighted by atomic mass is 10.1. The van der Waals surface area contributed by atoms with Crippen molar-refractivity contribution in [3.63, 3.8) is 0 Å². The maximum Gasteiger partial charge on any atom is 0.242 e. The van der Waals surface area contributed by atoms with E-state index in [4.69, 9.17) is 11.6 Å². The number of halogens is 1. The van der Waals surface area contributed by atoms with Gasteiger partial charge in [0.1, 0.15) is 6.04 Å². The first-order valence-electron chi connectivity index (χ1n) is 8.61. The second kappa shape index (κ2) is 9.34. The van der Waals surface area contributed by atoms with E-state index in [1.807, 2.05) is 44.2 Å². The van der Waals surface area contributed by atoms with Crippen LogP contribution in [0.4, 0.5) is 0 Å². The number of carbonyl (C=O) groups is 2. The minimum atomic E-state index is -0.593. The van der Waals surface area contributed by atoms with Crippen LogP contribution in [-0.2, 0) is 22.7 Å². The van der Waals surface area contributed by atoms with Gasteiger partial charge in [0.05, 0.1) is 12.2 Å². The molecule has 5 nitrogen and oxygen atoms in total. The molecule has 0 saturated carbocycles. The van der Waals surface area contributed by atoms with E-state index in [1.54, 1.807) is 30.2 Å². The van der Waals surface area contributed by atoms with Crippen LogP contribution in [0.15, 0.2) is 48.7 Å². The van der Waals surface area contributed by atoms with Crippen LogP contribution in [0.5, 0.6) is 0 Å². The normalized spacial score (nSPS) is 11.9. The van der Waals surface area contributed by atoms with E-state index < -0.39 is 6.04 Å². The van der Waals surface area contributed by atoms with Crippen LogP contribution >= 0.6 is 11.6 Å². The Hall–Kier alpha value is -2.40. The van der Waals surface area contributed by atoms with Crippen molar-refractivity contribution >= 4 is 23.4 Å². The third kappa shape index (κ3) is 5.56. The van der Waals surface area contributed by atoms with Crippen molar-refractivity contribution in [2.75, 3.05) is 0 Å². The summed E-state index contributed by atoms with van der Waals surface area (Å²) in [5.74, 6) is -0.479. The van der Waals surface area contributed by atoms with Gasteiger partial charge in [-0.05, 0) is 36.8 Å². The molecule has 0 saturated heterocycles. The van der Waals surface area contributed by atoms with E-state index in [0.29, 0.717) is 18.1 Å². The fraction of sp³-hybridized carbons (Fsp3) is 0.350. The Kier molecular flexibility index (Phi) is 7.16. The molecule has 1 heterocycles. The third-order valence-corrected chi connectivity index (χ3v) is 4.31. The highest BCUT2D eigenvalue weighted by molar-refractivity contribution is 6.30. The number of nitrogens with one attached hydrogen (secondary N) is 1. The molecule has 2 rings (SSSR count). The molecule has 0 bridgehead atoms. The zero-order chi connectivity index (χ0) is 19.1. The Morgan fingerprint density at radius 1 is 1.12 bits per heavy atom. The molecule has 138 valence electrons. The van der Waals surface area contributed by atoms with E-state index >= 15 is 0 Å². The molecule has 0 aliphatic carbocycles. The molecule has 1 aromatic heterocycles. The quantitative estimate of drug-likeness (QED) is 0.808. The van der Waals surface area contributed by atoms with Crippen molar-refractivity contribution in [3.8, 4) is 0 Å². The number of carbonyl (C=O) groups excluding carboxylic acids is 2. The van der Waals surface area contributed by atoms with Gasteiger partial charge in [-0.25, -0.2) is 0 Å². The number of hydrogen-bond donors (Lipinski definition) is 1. The molecule has 0 fully saturated rings. The second-order valence-corrected chi connectivity index (χ2v) is 6.90. The molecule has 0 aliphatic rings. The van der Waals surface area contributed by atoms with Crippen molar-refractivity contribution < 1.29 is 9.59 Å². The van der Waals surface area contributed by atoms with E-state index in [1.165, 1.54) is 0 Å². The molecule has 1 N–H and O–H groups in total. The van der Waals surface area contributed by atoms with Gasteiger partial charge in [-0.15, -0.1) is 0 Å². The van der Waals surface area contributed by atoms with Crippen LogP contribution in [0.25, 0.3) is 0 Å². The molecular weight excluding hydrogens is 350 g/mol. The molecule has 0 aliphatic heterocycles. The molecule has 1 aromatic carbocycles. The van der Waals surface area contributed by atoms with Crippen molar-refractivity contribution in [1.82, 2.24) is 15.2 Å². The SMILES string of the molecule is CC(C)C(=O)N(Cc1ccc(Cl)cc1)C(C)C(=O)NCc1ccccn1. The first-order chi connectivity index (χ1) is 12.4. The summed E-state index contributed by atoms with van der Waals surface area (Å²) in [7, 11) is 0. The van der Waals surface area contributed by atoms with Crippen LogP contribution in [0, 0.1) is 5.92 Å². The second-order valence-electron chi connectivity index (χ2n) is 6.46. The van der Waals surface area contributed by atoms with E-state index in [0.717, 1.165) is 11.3 Å². The van der Waals surface area contributed by atoms with Crippen LogP contribution in [0.3, 0.4) is 0 Å². The minimum absolute atomic E-state index is 0.0690. The summed E-state index contributed by atoms with van der Waals surface area (Å²) < 4.78 is 0. The number of pyridine rings is 1. The van der Waals surface area contributed by atoms with Crippen LogP contribution < -0.4 is 5.32 Å². The lowest BCUT2D eigenvalue weighted by Crippen LogP contribution is -2.48. The van der Waals surface area contributed by atoms with Crippen LogP contribution in [-0.4, -0.2) is 27.7 Å². The van der Waals surface area contributed by atoms with Gasteiger partial charge in [-0.3, -0.25) is 14.6 Å². The van der Waals surface area contributed by atoms with Gasteiger partial charge in [-0.2, -0.15) is 0 Å². The molecule has 1 atom stereocenters. The predicted molar refractivity (Wildman–Crippen MR) is 102 cm³/mol. The summed E-state index contributed by atoms with van der Waals surface area (Å²) in [5.41, 5.74) is 1.69. The lowest BCUT2D eigenvalue weighted by molar-refractivity contribution is -0.143. The fourth-order valence-electron chi connectivity index (χ4n) is 2.49. The summed E-state index contributed by atoms with van der Waals surface area (Å²) in [6, 6.07) is 12.2. The van der Waals surface area contributed by atoms with Crippen LogP contribution in [0.1, 0.15) is 32.0 Å². The molecular formula is C20H24ClN3O2. The lowest BCUT2D eigenvalue weighted by Gasteiger charge is -2.30. The Morgan fingerprint density at radius 2 is 1.81 bits per heavy atom. The van der Waals surface area contributed by atoms with Gasteiger partial charge in [0.2, 0.25) is 11.8 Å². The third-order valence-electron chi connectivity index (χ3n) is 4.06. The Labute approximate surface area is 159 Å². The number of amides is 2. The van der Waals surface area contributed by atoms with Crippen molar-refractivity contribution in [2.24, 2.45) is 5.92 Å². The summed E-state index contributed by atoms with van der Waals surface area (Å²) in [6.07, 6.45) is 1.68. The molecule has 0 radical (unpaired) electrons. The van der Waals surface area contributed by atoms with Crippen LogP contribution in [0.2, 0.25) is 5.02 Å². The van der Waals surface area contributed by atoms with Crippen molar-refractivity contribution in [2.45, 2.75) is 39.9 Å². The standard InChI is InChI=1S/C20H24ClN3O2/c1-14(2)20(26)24(13-16-7-9-17(21)10-8-16)15(3)19(25)23-12-18-6-4-5-11-22-18/h4-11,14-15H,12-13H2,1-3H3,(H,23,25). The Bertz CT molecular complexity index is 732. The highest BCUT2D eigenvalue weighted by Gasteiger charge is 2.27. The molecule has 0 spiro atoms. The molecule has 6 heteroatoms. The number of aromatic nitrogens is 1. The predicted octanol–water partition coefficient (Wildman–Crippen LogP) is 3.42. The summed E-state index contributed by atoms with van der Waals surface area (Å²) in [4.78, 5) is 31.0. The summed E-state index contributed by atoms with van der Waals surface area (Å²) in [6.45, 7) is 6.08. The van der Waals surface area contributed by atoms with Gasteiger partial charge in [-0.1, -0.05) is 43.6 Å². The van der Waals surface area contributed by atoms with Crippen molar-refractivity contribution in [3.05, 3.63) is 64.9 Å². The first kappa shape index (κ1) is 19.9. The monoisotopic (exact) mass is 373 g/mol. The van der Waals surface area contributed by atoms with Gasteiger partial charge in [0.15, 0.2) is 0 Å². The highest BCUT2D eigenvalue weighted by Crippen LogP contribution is 2.15. The topological polar surface area (TPSA) is 62.3 Å². The summed E-state index contributed by atoms with van der Waals surface area (Å²) >= 11 is 5.92. The Balaban J connectivity index is 2.08. The number of rotatable bonds is 7. The molecule has 26 heavy (non-hydrogen) atoms. The van der Waals surface area contributed by atoms with Gasteiger partial charge >= 0.3 is 0 Å². The minimum Gasteiger partial charge on any atom is -0.349 e. The average Bonchev–Trinajstić information content (AvgIpc) is 2.65. The van der Waals surface area contributed by atoms with E-state index in [2.05, 4.69) is 10.3 Å². The van der Waals surface area contributed by atoms with E-state index in [9.17, 15) is 9.59 Å². The number of nitrogens with zero attached hydrogens (tertiary/aromatic N) is 2. The maximum absolute atomic E-state index is 12.6. The average molecular weight is 374 g/mol. The highest BCUT2D eigenvalue weighted by atomic mass is 35.5. The zero-order valence-electron chi connectivity index (χ0n) is 15.3. The maximum atomic E-state index is 12.6. The van der Waals surface area contributed by atoms with Gasteiger partial charge in [0.25, 0.3) is 0 Å². The Morgan fingerprint density at radius 3 is 2.38 bits per heavy atom. The van der Waals surface area contributed by atoms with Gasteiger partial charge < -0.3 is 10.2 Å². The molecule has 2 amide bonds. The summed E-state index contributed by atoms with van der Waals surface area (Å²) in [5, 5.41) is 3.49. The number of benzene rings is 1. The van der Waals surface area contributed by atoms with E-state index in [-0.39, 0.29) is 17.7 Å². The smallest absolute Gasteiger partial charge is 0.242 e. The molecule has 1 unspecified atom stereocenters. The number of hydrogen-bond acceptors (Lipinski definition) is 3. The largest absolute Gasteiger partial charge is 0.349 e. The molecule has 2 aromatic rings. The first-order valence-corrected chi connectivity index (χ1v) is 8.99. The zero-order valence-corrected chi connectivity index (χ0v) is 16.0. The van der Waals surface area contributed by atoms with Crippen molar-refractivity contribution in [1.29, 1.82) is 0 Å². The fourth-order valence-corrected chi connectivity index (χ4v) is 2.62.